The average molecular weight is 338 g/mol. The van der Waals surface area contributed by atoms with Crippen LogP contribution in [0, 0.1) is 20.8 Å². The van der Waals surface area contributed by atoms with Crippen molar-refractivity contribution in [2.75, 3.05) is 5.75 Å². The molecule has 3 rings (SSSR count). The van der Waals surface area contributed by atoms with E-state index < -0.39 is 0 Å². The molecule has 3 aromatic rings. The highest BCUT2D eigenvalue weighted by atomic mass is 32.2. The van der Waals surface area contributed by atoms with E-state index in [1.54, 1.807) is 4.68 Å². The number of Topliss-reactive ketones (excluding diaryl/α,β-unsaturated/α-hetero) is 1. The Bertz CT molecular complexity index is 871. The molecule has 0 saturated heterocycles. The molecule has 0 radical (unpaired) electrons. The Hall–Kier alpha value is -2.47. The second-order valence-corrected chi connectivity index (χ2v) is 6.68. The summed E-state index contributed by atoms with van der Waals surface area (Å²) in [4.78, 5) is 12.5. The maximum Gasteiger partial charge on any atom is 0.214 e. The van der Waals surface area contributed by atoms with Crippen LogP contribution in [0.3, 0.4) is 0 Å². The first-order chi connectivity index (χ1) is 11.5. The van der Waals surface area contributed by atoms with E-state index >= 15 is 0 Å². The molecule has 0 bridgehead atoms. The first-order valence-corrected chi connectivity index (χ1v) is 8.62. The largest absolute Gasteiger partial charge is 0.293 e. The van der Waals surface area contributed by atoms with Gasteiger partial charge in [-0.15, -0.1) is 5.10 Å². The SMILES string of the molecule is Cc1ccc(-n2nnnc2SCC(=O)c2cc(C)ccc2C)cc1. The summed E-state index contributed by atoms with van der Waals surface area (Å²) in [5.41, 5.74) is 4.89. The van der Waals surface area contributed by atoms with Gasteiger partial charge in [-0.25, -0.2) is 0 Å². The fourth-order valence-electron chi connectivity index (χ4n) is 2.36. The van der Waals surface area contributed by atoms with E-state index in [0.29, 0.717) is 10.9 Å². The van der Waals surface area contributed by atoms with Crippen LogP contribution in [0.2, 0.25) is 0 Å². The van der Waals surface area contributed by atoms with Crippen molar-refractivity contribution in [1.82, 2.24) is 20.2 Å². The van der Waals surface area contributed by atoms with Crippen LogP contribution in [-0.4, -0.2) is 31.7 Å². The van der Waals surface area contributed by atoms with Crippen molar-refractivity contribution in [3.05, 3.63) is 64.7 Å². The Morgan fingerprint density at radius 3 is 2.50 bits per heavy atom. The Labute approximate surface area is 145 Å². The van der Waals surface area contributed by atoms with E-state index in [4.69, 9.17) is 0 Å². The molecule has 0 unspecified atom stereocenters. The van der Waals surface area contributed by atoms with Gasteiger partial charge in [0.1, 0.15) is 0 Å². The summed E-state index contributed by atoms with van der Waals surface area (Å²) in [6.07, 6.45) is 0. The number of hydrogen-bond acceptors (Lipinski definition) is 5. The summed E-state index contributed by atoms with van der Waals surface area (Å²) in [6.45, 7) is 5.97. The maximum absolute atomic E-state index is 12.5. The molecule has 0 spiro atoms. The van der Waals surface area contributed by atoms with Gasteiger partial charge in [-0.05, 0) is 55.0 Å². The van der Waals surface area contributed by atoms with Crippen molar-refractivity contribution in [3.8, 4) is 5.69 Å². The summed E-state index contributed by atoms with van der Waals surface area (Å²) < 4.78 is 1.65. The molecule has 24 heavy (non-hydrogen) atoms. The molecular formula is C18H18N4OS. The number of aryl methyl sites for hydroxylation is 3. The Morgan fingerprint density at radius 1 is 1.04 bits per heavy atom. The van der Waals surface area contributed by atoms with E-state index in [9.17, 15) is 4.79 Å². The van der Waals surface area contributed by atoms with E-state index in [0.717, 1.165) is 22.4 Å². The summed E-state index contributed by atoms with van der Waals surface area (Å²) in [6, 6.07) is 13.9. The van der Waals surface area contributed by atoms with Gasteiger partial charge in [0.15, 0.2) is 5.78 Å². The average Bonchev–Trinajstić information content (AvgIpc) is 3.04. The number of rotatable bonds is 5. The van der Waals surface area contributed by atoms with Crippen molar-refractivity contribution < 1.29 is 4.79 Å². The summed E-state index contributed by atoms with van der Waals surface area (Å²) in [7, 11) is 0. The van der Waals surface area contributed by atoms with Crippen LogP contribution in [0.5, 0.6) is 0 Å². The van der Waals surface area contributed by atoms with Crippen molar-refractivity contribution in [2.45, 2.75) is 25.9 Å². The van der Waals surface area contributed by atoms with Gasteiger partial charge in [0.2, 0.25) is 5.16 Å². The second kappa shape index (κ2) is 6.97. The highest BCUT2D eigenvalue weighted by molar-refractivity contribution is 7.99. The Morgan fingerprint density at radius 2 is 1.75 bits per heavy atom. The number of thioether (sulfide) groups is 1. The molecule has 6 heteroatoms. The highest BCUT2D eigenvalue weighted by Gasteiger charge is 2.14. The number of benzene rings is 2. The monoisotopic (exact) mass is 338 g/mol. The van der Waals surface area contributed by atoms with Gasteiger partial charge in [0.05, 0.1) is 11.4 Å². The molecule has 0 atom stereocenters. The van der Waals surface area contributed by atoms with Gasteiger partial charge in [0, 0.05) is 5.56 Å². The molecule has 2 aromatic carbocycles. The van der Waals surface area contributed by atoms with Crippen LogP contribution in [-0.2, 0) is 0 Å². The molecule has 0 N–H and O–H groups in total. The van der Waals surface area contributed by atoms with Gasteiger partial charge >= 0.3 is 0 Å². The van der Waals surface area contributed by atoms with Crippen LogP contribution in [0.1, 0.15) is 27.0 Å². The lowest BCUT2D eigenvalue weighted by atomic mass is 10.0. The van der Waals surface area contributed by atoms with Crippen LogP contribution in [0.25, 0.3) is 5.69 Å². The van der Waals surface area contributed by atoms with E-state index in [1.807, 2.05) is 63.2 Å². The lowest BCUT2D eigenvalue weighted by Gasteiger charge is -2.07. The van der Waals surface area contributed by atoms with Crippen molar-refractivity contribution in [2.24, 2.45) is 0 Å². The molecule has 0 aliphatic carbocycles. The number of hydrogen-bond donors (Lipinski definition) is 0. The van der Waals surface area contributed by atoms with Crippen LogP contribution in [0.4, 0.5) is 0 Å². The molecule has 5 nitrogen and oxygen atoms in total. The zero-order valence-electron chi connectivity index (χ0n) is 13.9. The predicted octanol–water partition coefficient (Wildman–Crippen LogP) is 3.56. The minimum atomic E-state index is 0.0830. The Balaban J connectivity index is 1.76. The number of carbonyl (C=O) groups excluding carboxylic acids is 1. The minimum Gasteiger partial charge on any atom is -0.293 e. The molecule has 122 valence electrons. The third kappa shape index (κ3) is 3.54. The fraction of sp³-hybridized carbons (Fsp3) is 0.222. The zero-order valence-corrected chi connectivity index (χ0v) is 14.7. The van der Waals surface area contributed by atoms with E-state index in [1.165, 1.54) is 17.3 Å². The lowest BCUT2D eigenvalue weighted by Crippen LogP contribution is -2.07. The number of aromatic nitrogens is 4. The quantitative estimate of drug-likeness (QED) is 0.526. The molecule has 0 fully saturated rings. The van der Waals surface area contributed by atoms with Crippen LogP contribution < -0.4 is 0 Å². The van der Waals surface area contributed by atoms with Crippen LogP contribution in [0.15, 0.2) is 47.6 Å². The fourth-order valence-corrected chi connectivity index (χ4v) is 3.14. The van der Waals surface area contributed by atoms with E-state index in [-0.39, 0.29) is 5.78 Å². The zero-order chi connectivity index (χ0) is 17.1. The molecule has 0 amide bonds. The smallest absolute Gasteiger partial charge is 0.214 e. The summed E-state index contributed by atoms with van der Waals surface area (Å²) >= 11 is 1.35. The van der Waals surface area contributed by atoms with Gasteiger partial charge in [-0.2, -0.15) is 4.68 Å². The Kier molecular flexibility index (Phi) is 4.76. The van der Waals surface area contributed by atoms with Crippen molar-refractivity contribution in [1.29, 1.82) is 0 Å². The predicted molar refractivity (Wildman–Crippen MR) is 94.9 cm³/mol. The number of ketones is 1. The van der Waals surface area contributed by atoms with Gasteiger partial charge < -0.3 is 0 Å². The molecule has 1 heterocycles. The third-order valence-electron chi connectivity index (χ3n) is 3.75. The summed E-state index contributed by atoms with van der Waals surface area (Å²) in [5, 5.41) is 12.4. The summed E-state index contributed by atoms with van der Waals surface area (Å²) in [5.74, 6) is 0.385. The highest BCUT2D eigenvalue weighted by Crippen LogP contribution is 2.21. The standard InChI is InChI=1S/C18H18N4OS/c1-12-5-8-15(9-6-12)22-18(19-20-21-22)24-11-17(23)16-10-13(2)4-7-14(16)3/h4-10H,11H2,1-3H3. The number of carbonyl (C=O) groups is 1. The van der Waals surface area contributed by atoms with Crippen molar-refractivity contribution >= 4 is 17.5 Å². The van der Waals surface area contributed by atoms with Gasteiger partial charge in [-0.3, -0.25) is 4.79 Å². The molecular weight excluding hydrogens is 320 g/mol. The minimum absolute atomic E-state index is 0.0830. The normalized spacial score (nSPS) is 10.8. The lowest BCUT2D eigenvalue weighted by molar-refractivity contribution is 0.102. The van der Waals surface area contributed by atoms with Gasteiger partial charge in [0.25, 0.3) is 0 Å². The number of nitrogens with zero attached hydrogens (tertiary/aromatic N) is 4. The first-order valence-electron chi connectivity index (χ1n) is 7.63. The molecule has 0 saturated carbocycles. The topological polar surface area (TPSA) is 60.7 Å². The van der Waals surface area contributed by atoms with Crippen LogP contribution >= 0.6 is 11.8 Å². The van der Waals surface area contributed by atoms with E-state index in [2.05, 4.69) is 15.5 Å². The second-order valence-electron chi connectivity index (χ2n) is 5.74. The van der Waals surface area contributed by atoms with Gasteiger partial charge in [-0.1, -0.05) is 47.2 Å². The third-order valence-corrected chi connectivity index (χ3v) is 4.66. The first kappa shape index (κ1) is 16.4. The maximum atomic E-state index is 12.5. The molecule has 1 aromatic heterocycles. The molecule has 0 aliphatic heterocycles. The number of tetrazole rings is 1. The molecule has 0 aliphatic rings. The van der Waals surface area contributed by atoms with Crippen molar-refractivity contribution in [3.63, 3.8) is 0 Å².